The molecule has 0 aliphatic carbocycles. The number of hydrogen-bond donors (Lipinski definition) is 1. The number of nitrogens with two attached hydrogens (primary N) is 1. The van der Waals surface area contributed by atoms with Crippen LogP contribution in [0.25, 0.3) is 10.9 Å². The maximum Gasteiger partial charge on any atom is 0.358 e. The molecule has 0 saturated heterocycles. The number of methoxy groups -OCH3 is 1. The van der Waals surface area contributed by atoms with E-state index in [1.54, 1.807) is 12.1 Å². The third-order valence-electron chi connectivity index (χ3n) is 2.20. The molecule has 0 bridgehead atoms. The SMILES string of the molecule is COC(=O)c1nc2c(F)cccc2cc1N. The number of carbonyl (C=O) groups is 1. The number of halogens is 1. The molecule has 0 saturated carbocycles. The van der Waals surface area contributed by atoms with Gasteiger partial charge in [0.25, 0.3) is 0 Å². The number of benzene rings is 1. The number of nitrogens with zero attached hydrogens (tertiary/aromatic N) is 1. The highest BCUT2D eigenvalue weighted by molar-refractivity contribution is 5.97. The normalized spacial score (nSPS) is 10.4. The summed E-state index contributed by atoms with van der Waals surface area (Å²) in [5.74, 6) is -1.18. The van der Waals surface area contributed by atoms with Crippen LogP contribution in [0, 0.1) is 5.82 Å². The molecule has 1 heterocycles. The van der Waals surface area contributed by atoms with E-state index in [2.05, 4.69) is 9.72 Å². The zero-order valence-electron chi connectivity index (χ0n) is 8.53. The van der Waals surface area contributed by atoms with Crippen molar-refractivity contribution >= 4 is 22.6 Å². The van der Waals surface area contributed by atoms with Crippen molar-refractivity contribution in [1.82, 2.24) is 4.98 Å². The zero-order chi connectivity index (χ0) is 11.7. The second kappa shape index (κ2) is 3.77. The van der Waals surface area contributed by atoms with Gasteiger partial charge in [0.1, 0.15) is 11.3 Å². The molecule has 2 aromatic rings. The van der Waals surface area contributed by atoms with Crippen LogP contribution in [0.2, 0.25) is 0 Å². The fourth-order valence-electron chi connectivity index (χ4n) is 1.44. The first-order valence-electron chi connectivity index (χ1n) is 4.56. The van der Waals surface area contributed by atoms with E-state index in [1.807, 2.05) is 0 Å². The molecule has 0 fully saturated rings. The van der Waals surface area contributed by atoms with Crippen LogP contribution in [-0.4, -0.2) is 18.1 Å². The van der Waals surface area contributed by atoms with Crippen molar-refractivity contribution in [1.29, 1.82) is 0 Å². The van der Waals surface area contributed by atoms with Gasteiger partial charge in [0.15, 0.2) is 5.69 Å². The molecule has 5 heteroatoms. The number of pyridine rings is 1. The van der Waals surface area contributed by atoms with Gasteiger partial charge in [-0.15, -0.1) is 0 Å². The number of carbonyl (C=O) groups excluding carboxylic acids is 1. The number of nitrogen functional groups attached to an aromatic ring is 1. The maximum atomic E-state index is 13.4. The van der Waals surface area contributed by atoms with Gasteiger partial charge in [0.2, 0.25) is 0 Å². The Morgan fingerprint density at radius 2 is 2.25 bits per heavy atom. The first-order valence-corrected chi connectivity index (χ1v) is 4.56. The average Bonchev–Trinajstić information content (AvgIpc) is 2.28. The van der Waals surface area contributed by atoms with Gasteiger partial charge >= 0.3 is 5.97 Å². The molecule has 0 radical (unpaired) electrons. The lowest BCUT2D eigenvalue weighted by Gasteiger charge is -2.05. The van der Waals surface area contributed by atoms with Crippen molar-refractivity contribution in [3.63, 3.8) is 0 Å². The Labute approximate surface area is 90.8 Å². The van der Waals surface area contributed by atoms with Gasteiger partial charge in [-0.2, -0.15) is 0 Å². The predicted molar refractivity (Wildman–Crippen MR) is 57.5 cm³/mol. The molecule has 0 aliphatic heterocycles. The maximum absolute atomic E-state index is 13.4. The van der Waals surface area contributed by atoms with Crippen molar-refractivity contribution in [2.24, 2.45) is 0 Å². The highest BCUT2D eigenvalue weighted by atomic mass is 19.1. The average molecular weight is 220 g/mol. The van der Waals surface area contributed by atoms with Crippen molar-refractivity contribution < 1.29 is 13.9 Å². The van der Waals surface area contributed by atoms with E-state index in [1.165, 1.54) is 19.2 Å². The summed E-state index contributed by atoms with van der Waals surface area (Å²) in [7, 11) is 1.22. The lowest BCUT2D eigenvalue weighted by atomic mass is 10.1. The largest absolute Gasteiger partial charge is 0.464 e. The molecule has 0 unspecified atom stereocenters. The van der Waals surface area contributed by atoms with E-state index in [0.717, 1.165) is 0 Å². The molecule has 0 aliphatic rings. The van der Waals surface area contributed by atoms with E-state index in [4.69, 9.17) is 5.73 Å². The topological polar surface area (TPSA) is 65.2 Å². The monoisotopic (exact) mass is 220 g/mol. The molecule has 0 spiro atoms. The molecule has 2 N–H and O–H groups in total. The Bertz CT molecular complexity index is 569. The number of fused-ring (bicyclic) bond motifs is 1. The Morgan fingerprint density at radius 1 is 1.50 bits per heavy atom. The fourth-order valence-corrected chi connectivity index (χ4v) is 1.44. The smallest absolute Gasteiger partial charge is 0.358 e. The van der Waals surface area contributed by atoms with Crippen LogP contribution in [0.3, 0.4) is 0 Å². The van der Waals surface area contributed by atoms with Crippen molar-refractivity contribution in [3.8, 4) is 0 Å². The van der Waals surface area contributed by atoms with Crippen LogP contribution in [0.5, 0.6) is 0 Å². The number of aromatic nitrogens is 1. The molecular weight excluding hydrogens is 211 g/mol. The Balaban J connectivity index is 2.74. The molecule has 4 nitrogen and oxygen atoms in total. The third-order valence-corrected chi connectivity index (χ3v) is 2.20. The fraction of sp³-hybridized carbons (Fsp3) is 0.0909. The van der Waals surface area contributed by atoms with E-state index >= 15 is 0 Å². The van der Waals surface area contributed by atoms with E-state index in [-0.39, 0.29) is 16.9 Å². The number of esters is 1. The van der Waals surface area contributed by atoms with Gasteiger partial charge in [-0.25, -0.2) is 14.2 Å². The summed E-state index contributed by atoms with van der Waals surface area (Å²) in [4.78, 5) is 15.2. The molecule has 1 aromatic carbocycles. The molecule has 0 atom stereocenters. The van der Waals surface area contributed by atoms with E-state index in [9.17, 15) is 9.18 Å². The molecule has 0 amide bonds. The van der Waals surface area contributed by atoms with Crippen molar-refractivity contribution in [2.75, 3.05) is 12.8 Å². The van der Waals surface area contributed by atoms with Gasteiger partial charge < -0.3 is 10.5 Å². The first kappa shape index (κ1) is 10.4. The second-order valence-corrected chi connectivity index (χ2v) is 3.23. The molecule has 16 heavy (non-hydrogen) atoms. The summed E-state index contributed by atoms with van der Waals surface area (Å²) in [5.41, 5.74) is 5.84. The quantitative estimate of drug-likeness (QED) is 0.743. The van der Waals surface area contributed by atoms with Gasteiger partial charge in [-0.1, -0.05) is 12.1 Å². The number of para-hydroxylation sites is 1. The van der Waals surface area contributed by atoms with E-state index < -0.39 is 11.8 Å². The van der Waals surface area contributed by atoms with Crippen molar-refractivity contribution in [2.45, 2.75) is 0 Å². The van der Waals surface area contributed by atoms with Crippen LogP contribution in [0.15, 0.2) is 24.3 Å². The number of rotatable bonds is 1. The standard InChI is InChI=1S/C11H9FN2O2/c1-16-11(15)10-8(13)5-6-3-2-4-7(12)9(6)14-10/h2-5H,13H2,1H3. The van der Waals surface area contributed by atoms with Crippen LogP contribution in [0.1, 0.15) is 10.5 Å². The van der Waals surface area contributed by atoms with Gasteiger partial charge in [0, 0.05) is 5.39 Å². The highest BCUT2D eigenvalue weighted by Crippen LogP contribution is 2.21. The molecule has 82 valence electrons. The highest BCUT2D eigenvalue weighted by Gasteiger charge is 2.14. The molecular formula is C11H9FN2O2. The van der Waals surface area contributed by atoms with Crippen LogP contribution >= 0.6 is 0 Å². The first-order chi connectivity index (χ1) is 7.63. The lowest BCUT2D eigenvalue weighted by molar-refractivity contribution is 0.0596. The summed E-state index contributed by atoms with van der Waals surface area (Å²) >= 11 is 0. The van der Waals surface area contributed by atoms with Gasteiger partial charge in [-0.3, -0.25) is 0 Å². The summed E-state index contributed by atoms with van der Waals surface area (Å²) in [6.45, 7) is 0. The van der Waals surface area contributed by atoms with Gasteiger partial charge in [0.05, 0.1) is 12.8 Å². The Hall–Kier alpha value is -2.17. The minimum absolute atomic E-state index is 0.0694. The third kappa shape index (κ3) is 1.56. The lowest BCUT2D eigenvalue weighted by Crippen LogP contribution is -2.08. The van der Waals surface area contributed by atoms with Crippen LogP contribution < -0.4 is 5.73 Å². The Morgan fingerprint density at radius 3 is 2.94 bits per heavy atom. The van der Waals surface area contributed by atoms with Crippen LogP contribution in [-0.2, 0) is 4.74 Å². The summed E-state index contributed by atoms with van der Waals surface area (Å²) in [6.07, 6.45) is 0. The van der Waals surface area contributed by atoms with Crippen LogP contribution in [0.4, 0.5) is 10.1 Å². The molecule has 2 rings (SSSR count). The summed E-state index contributed by atoms with van der Waals surface area (Å²) in [5, 5.41) is 0.546. The number of hydrogen-bond acceptors (Lipinski definition) is 4. The number of anilines is 1. The van der Waals surface area contributed by atoms with Crippen molar-refractivity contribution in [3.05, 3.63) is 35.8 Å². The summed E-state index contributed by atoms with van der Waals surface area (Å²) in [6, 6.07) is 5.99. The summed E-state index contributed by atoms with van der Waals surface area (Å²) < 4.78 is 17.9. The molecule has 1 aromatic heterocycles. The number of ether oxygens (including phenoxy) is 1. The van der Waals surface area contributed by atoms with Gasteiger partial charge in [-0.05, 0) is 12.1 Å². The second-order valence-electron chi connectivity index (χ2n) is 3.23. The Kier molecular flexibility index (Phi) is 2.44. The minimum Gasteiger partial charge on any atom is -0.464 e. The predicted octanol–water partition coefficient (Wildman–Crippen LogP) is 1.74. The minimum atomic E-state index is -0.678. The zero-order valence-corrected chi connectivity index (χ0v) is 8.53. The van der Waals surface area contributed by atoms with E-state index in [0.29, 0.717) is 5.39 Å².